The maximum atomic E-state index is 4.07. The van der Waals surface area contributed by atoms with Crippen LogP contribution < -0.4 is 0 Å². The summed E-state index contributed by atoms with van der Waals surface area (Å²) >= 11 is 0. The zero-order chi connectivity index (χ0) is 11.1. The Balaban J connectivity index is 0.000000531. The van der Waals surface area contributed by atoms with Crippen molar-refractivity contribution in [2.45, 2.75) is 27.3 Å². The normalized spacial score (nSPS) is 9.27. The van der Waals surface area contributed by atoms with Gasteiger partial charge in [0.05, 0.1) is 6.20 Å². The topological polar surface area (TPSA) is 30.7 Å². The van der Waals surface area contributed by atoms with Gasteiger partial charge in [0.15, 0.2) is 0 Å². The molecule has 80 valence electrons. The van der Waals surface area contributed by atoms with Crippen LogP contribution in [0.5, 0.6) is 0 Å². The largest absolute Gasteiger partial charge is 0.252 e. The SMILES string of the molecule is CC.CCn1cc(-c2ccccc2)nn1. The second kappa shape index (κ2) is 5.96. The van der Waals surface area contributed by atoms with E-state index < -0.39 is 0 Å². The summed E-state index contributed by atoms with van der Waals surface area (Å²) in [5.41, 5.74) is 2.05. The third-order valence-corrected chi connectivity index (χ3v) is 1.93. The van der Waals surface area contributed by atoms with Gasteiger partial charge in [0, 0.05) is 12.1 Å². The molecule has 3 nitrogen and oxygen atoms in total. The molecule has 0 saturated heterocycles. The highest BCUT2D eigenvalue weighted by molar-refractivity contribution is 5.56. The summed E-state index contributed by atoms with van der Waals surface area (Å²) in [5, 5.41) is 8.05. The highest BCUT2D eigenvalue weighted by Gasteiger charge is 2.00. The van der Waals surface area contributed by atoms with Gasteiger partial charge in [-0.3, -0.25) is 4.68 Å². The summed E-state index contributed by atoms with van der Waals surface area (Å²) in [4.78, 5) is 0. The first-order valence-corrected chi connectivity index (χ1v) is 5.35. The summed E-state index contributed by atoms with van der Waals surface area (Å²) in [6.45, 7) is 6.91. The van der Waals surface area contributed by atoms with Crippen molar-refractivity contribution >= 4 is 0 Å². The van der Waals surface area contributed by atoms with Crippen LogP contribution in [0.3, 0.4) is 0 Å². The Morgan fingerprint density at radius 1 is 1.13 bits per heavy atom. The van der Waals surface area contributed by atoms with Crippen molar-refractivity contribution in [3.8, 4) is 11.3 Å². The smallest absolute Gasteiger partial charge is 0.113 e. The van der Waals surface area contributed by atoms with Crippen LogP contribution in [0.25, 0.3) is 11.3 Å². The fraction of sp³-hybridized carbons (Fsp3) is 0.333. The molecular formula is C12H17N3. The molecule has 0 radical (unpaired) electrons. The molecule has 0 aliphatic heterocycles. The number of hydrogen-bond acceptors (Lipinski definition) is 2. The molecule has 0 atom stereocenters. The number of aromatic nitrogens is 3. The lowest BCUT2D eigenvalue weighted by Gasteiger charge is -1.92. The third-order valence-electron chi connectivity index (χ3n) is 1.93. The van der Waals surface area contributed by atoms with E-state index in [4.69, 9.17) is 0 Å². The van der Waals surface area contributed by atoms with Crippen molar-refractivity contribution in [3.05, 3.63) is 36.5 Å². The molecule has 2 rings (SSSR count). The van der Waals surface area contributed by atoms with Crippen LogP contribution in [0.1, 0.15) is 20.8 Å². The molecule has 3 heteroatoms. The van der Waals surface area contributed by atoms with Gasteiger partial charge >= 0.3 is 0 Å². The molecule has 0 aliphatic carbocycles. The van der Waals surface area contributed by atoms with Gasteiger partial charge in [-0.25, -0.2) is 0 Å². The van der Waals surface area contributed by atoms with Crippen LogP contribution in [0.2, 0.25) is 0 Å². The van der Waals surface area contributed by atoms with Gasteiger partial charge in [0.1, 0.15) is 5.69 Å². The van der Waals surface area contributed by atoms with Crippen LogP contribution in [-0.2, 0) is 6.54 Å². The third kappa shape index (κ3) is 2.91. The molecule has 0 fully saturated rings. The van der Waals surface area contributed by atoms with E-state index in [9.17, 15) is 0 Å². The highest BCUT2D eigenvalue weighted by atomic mass is 15.4. The van der Waals surface area contributed by atoms with E-state index in [2.05, 4.69) is 10.3 Å². The van der Waals surface area contributed by atoms with Crippen molar-refractivity contribution in [1.29, 1.82) is 0 Å². The summed E-state index contributed by atoms with van der Waals surface area (Å²) in [6, 6.07) is 10.1. The van der Waals surface area contributed by atoms with E-state index in [0.29, 0.717) is 0 Å². The monoisotopic (exact) mass is 203 g/mol. The number of nitrogens with zero attached hydrogens (tertiary/aromatic N) is 3. The van der Waals surface area contributed by atoms with Gasteiger partial charge in [-0.15, -0.1) is 5.10 Å². The first kappa shape index (κ1) is 11.4. The number of benzene rings is 1. The standard InChI is InChI=1S/C10H11N3.C2H6/c1-2-13-8-10(11-12-13)9-6-4-3-5-7-9;1-2/h3-8H,2H2,1H3;1-2H3. The molecule has 0 aliphatic rings. The Bertz CT molecular complexity index is 379. The lowest BCUT2D eigenvalue weighted by atomic mass is 10.2. The summed E-state index contributed by atoms with van der Waals surface area (Å²) in [6.07, 6.45) is 1.95. The molecule has 0 saturated carbocycles. The molecule has 0 unspecified atom stereocenters. The Labute approximate surface area is 90.7 Å². The predicted molar refractivity (Wildman–Crippen MR) is 62.5 cm³/mol. The molecule has 0 N–H and O–H groups in total. The van der Waals surface area contributed by atoms with Crippen molar-refractivity contribution in [2.75, 3.05) is 0 Å². The minimum absolute atomic E-state index is 0.861. The first-order chi connectivity index (χ1) is 7.40. The minimum Gasteiger partial charge on any atom is -0.252 e. The summed E-state index contributed by atoms with van der Waals surface area (Å²) < 4.78 is 1.82. The molecule has 0 amide bonds. The van der Waals surface area contributed by atoms with Crippen LogP contribution in [0, 0.1) is 0 Å². The van der Waals surface area contributed by atoms with Crippen molar-refractivity contribution < 1.29 is 0 Å². The van der Waals surface area contributed by atoms with Crippen LogP contribution in [0.15, 0.2) is 36.5 Å². The number of aryl methyl sites for hydroxylation is 1. The molecule has 0 bridgehead atoms. The Kier molecular flexibility index (Phi) is 4.54. The average Bonchev–Trinajstić information content (AvgIpc) is 2.81. The second-order valence-corrected chi connectivity index (χ2v) is 2.83. The molecule has 1 aromatic heterocycles. The lowest BCUT2D eigenvalue weighted by molar-refractivity contribution is 0.627. The highest BCUT2D eigenvalue weighted by Crippen LogP contribution is 2.14. The van der Waals surface area contributed by atoms with Gasteiger partial charge in [-0.2, -0.15) is 0 Å². The molecule has 1 aromatic carbocycles. The molecular weight excluding hydrogens is 186 g/mol. The maximum absolute atomic E-state index is 4.07. The first-order valence-electron chi connectivity index (χ1n) is 5.35. The lowest BCUT2D eigenvalue weighted by Crippen LogP contribution is -1.93. The minimum atomic E-state index is 0.861. The summed E-state index contributed by atoms with van der Waals surface area (Å²) in [7, 11) is 0. The quantitative estimate of drug-likeness (QED) is 0.751. The zero-order valence-electron chi connectivity index (χ0n) is 9.51. The molecule has 1 heterocycles. The fourth-order valence-electron chi connectivity index (χ4n) is 1.19. The van der Waals surface area contributed by atoms with E-state index in [-0.39, 0.29) is 0 Å². The van der Waals surface area contributed by atoms with Crippen LogP contribution >= 0.6 is 0 Å². The Morgan fingerprint density at radius 2 is 1.80 bits per heavy atom. The fourth-order valence-corrected chi connectivity index (χ4v) is 1.19. The summed E-state index contributed by atoms with van der Waals surface area (Å²) in [5.74, 6) is 0. The predicted octanol–water partition coefficient (Wildman–Crippen LogP) is 2.99. The van der Waals surface area contributed by atoms with Gasteiger partial charge in [0.2, 0.25) is 0 Å². The van der Waals surface area contributed by atoms with E-state index in [1.54, 1.807) is 0 Å². The van der Waals surface area contributed by atoms with E-state index >= 15 is 0 Å². The zero-order valence-corrected chi connectivity index (χ0v) is 9.51. The van der Waals surface area contributed by atoms with E-state index in [0.717, 1.165) is 17.8 Å². The molecule has 0 spiro atoms. The molecule has 15 heavy (non-hydrogen) atoms. The van der Waals surface area contributed by atoms with Crippen molar-refractivity contribution in [3.63, 3.8) is 0 Å². The Hall–Kier alpha value is -1.64. The van der Waals surface area contributed by atoms with E-state index in [1.807, 2.05) is 62.0 Å². The van der Waals surface area contributed by atoms with Gasteiger partial charge in [-0.05, 0) is 6.92 Å². The second-order valence-electron chi connectivity index (χ2n) is 2.83. The van der Waals surface area contributed by atoms with Gasteiger partial charge in [0.25, 0.3) is 0 Å². The van der Waals surface area contributed by atoms with Gasteiger partial charge in [-0.1, -0.05) is 49.4 Å². The molecule has 2 aromatic rings. The number of hydrogen-bond donors (Lipinski definition) is 0. The Morgan fingerprint density at radius 3 is 2.33 bits per heavy atom. The number of rotatable bonds is 2. The van der Waals surface area contributed by atoms with Crippen LogP contribution in [0.4, 0.5) is 0 Å². The van der Waals surface area contributed by atoms with Crippen LogP contribution in [-0.4, -0.2) is 15.0 Å². The average molecular weight is 203 g/mol. The van der Waals surface area contributed by atoms with Crippen molar-refractivity contribution in [1.82, 2.24) is 15.0 Å². The maximum Gasteiger partial charge on any atom is 0.113 e. The van der Waals surface area contributed by atoms with Gasteiger partial charge < -0.3 is 0 Å². The van der Waals surface area contributed by atoms with Crippen molar-refractivity contribution in [2.24, 2.45) is 0 Å². The van der Waals surface area contributed by atoms with E-state index in [1.165, 1.54) is 0 Å².